The van der Waals surface area contributed by atoms with Gasteiger partial charge in [0.25, 0.3) is 0 Å². The fraction of sp³-hybridized carbons (Fsp3) is 0.286. The van der Waals surface area contributed by atoms with Crippen molar-refractivity contribution in [3.63, 3.8) is 0 Å². The summed E-state index contributed by atoms with van der Waals surface area (Å²) in [5.41, 5.74) is 7.01. The lowest BCUT2D eigenvalue weighted by molar-refractivity contribution is 0.244. The summed E-state index contributed by atoms with van der Waals surface area (Å²) in [7, 11) is 2.08. The first-order chi connectivity index (χ1) is 9.11. The third-order valence-corrected chi connectivity index (χ3v) is 4.76. The molecular weight excluding hydrogens is 344 g/mol. The van der Waals surface area contributed by atoms with E-state index >= 15 is 0 Å². The van der Waals surface area contributed by atoms with E-state index in [9.17, 15) is 0 Å². The molecule has 1 aromatic heterocycles. The van der Waals surface area contributed by atoms with E-state index in [0.717, 1.165) is 21.6 Å². The summed E-state index contributed by atoms with van der Waals surface area (Å²) < 4.78 is 1.02. The maximum absolute atomic E-state index is 6.30. The van der Waals surface area contributed by atoms with Gasteiger partial charge in [-0.25, -0.2) is 0 Å². The van der Waals surface area contributed by atoms with Crippen molar-refractivity contribution in [1.82, 2.24) is 4.90 Å². The van der Waals surface area contributed by atoms with Gasteiger partial charge in [0.1, 0.15) is 0 Å². The Morgan fingerprint density at radius 3 is 2.84 bits per heavy atom. The van der Waals surface area contributed by atoms with E-state index in [4.69, 9.17) is 17.3 Å². The first-order valence-corrected chi connectivity index (χ1v) is 8.04. The number of benzene rings is 1. The Hall–Kier alpha value is -0.390. The number of nitrogens with zero attached hydrogens (tertiary/aromatic N) is 1. The van der Waals surface area contributed by atoms with E-state index < -0.39 is 0 Å². The molecule has 1 aromatic carbocycles. The average molecular weight is 360 g/mol. The first kappa shape index (κ1) is 15.0. The minimum Gasteiger partial charge on any atom is -0.329 e. The lowest BCUT2D eigenvalue weighted by atomic mass is 10.1. The van der Waals surface area contributed by atoms with Crippen molar-refractivity contribution in [3.05, 3.63) is 55.6 Å². The number of nitrogens with two attached hydrogens (primary N) is 1. The molecular formula is C14H16BrClN2S. The molecule has 1 heterocycles. The number of hydrogen-bond donors (Lipinski definition) is 1. The second kappa shape index (κ2) is 6.86. The SMILES string of the molecule is CN(Cc1cccs1)C(CN)c1cc(Br)ccc1Cl. The van der Waals surface area contributed by atoms with Crippen LogP contribution in [0.25, 0.3) is 0 Å². The number of likely N-dealkylation sites (N-methyl/N-ethyl adjacent to an activating group) is 1. The Bertz CT molecular complexity index is 530. The van der Waals surface area contributed by atoms with Crippen molar-refractivity contribution in [1.29, 1.82) is 0 Å². The topological polar surface area (TPSA) is 29.3 Å². The third-order valence-electron chi connectivity index (χ3n) is 3.06. The van der Waals surface area contributed by atoms with Crippen molar-refractivity contribution in [2.24, 2.45) is 5.73 Å². The molecule has 102 valence electrons. The van der Waals surface area contributed by atoms with E-state index in [1.165, 1.54) is 4.88 Å². The van der Waals surface area contributed by atoms with Gasteiger partial charge in [-0.2, -0.15) is 0 Å². The highest BCUT2D eigenvalue weighted by atomic mass is 79.9. The van der Waals surface area contributed by atoms with E-state index in [1.54, 1.807) is 11.3 Å². The van der Waals surface area contributed by atoms with Crippen LogP contribution in [0.1, 0.15) is 16.5 Å². The van der Waals surface area contributed by atoms with Crippen LogP contribution in [0.2, 0.25) is 5.02 Å². The zero-order valence-corrected chi connectivity index (χ0v) is 13.8. The van der Waals surface area contributed by atoms with Gasteiger partial charge < -0.3 is 5.73 Å². The molecule has 0 bridgehead atoms. The molecule has 5 heteroatoms. The molecule has 0 amide bonds. The lowest BCUT2D eigenvalue weighted by Gasteiger charge is -2.27. The van der Waals surface area contributed by atoms with E-state index in [2.05, 4.69) is 45.4 Å². The van der Waals surface area contributed by atoms with Gasteiger partial charge >= 0.3 is 0 Å². The fourth-order valence-electron chi connectivity index (χ4n) is 2.07. The minimum atomic E-state index is 0.118. The highest BCUT2D eigenvalue weighted by Crippen LogP contribution is 2.30. The summed E-state index contributed by atoms with van der Waals surface area (Å²) >= 11 is 11.5. The molecule has 2 rings (SSSR count). The number of rotatable bonds is 5. The molecule has 2 N–H and O–H groups in total. The zero-order valence-electron chi connectivity index (χ0n) is 10.6. The summed E-state index contributed by atoms with van der Waals surface area (Å²) in [5.74, 6) is 0. The van der Waals surface area contributed by atoms with Crippen LogP contribution in [0, 0.1) is 0 Å². The fourth-order valence-corrected chi connectivity index (χ4v) is 3.46. The van der Waals surface area contributed by atoms with Crippen molar-refractivity contribution in [2.75, 3.05) is 13.6 Å². The minimum absolute atomic E-state index is 0.118. The predicted octanol–water partition coefficient (Wildman–Crippen LogP) is 4.30. The molecule has 0 saturated carbocycles. The second-order valence-corrected chi connectivity index (χ2v) is 6.77. The van der Waals surface area contributed by atoms with Gasteiger partial charge in [-0.15, -0.1) is 11.3 Å². The van der Waals surface area contributed by atoms with Gasteiger partial charge in [0.15, 0.2) is 0 Å². The van der Waals surface area contributed by atoms with Gasteiger partial charge in [0.05, 0.1) is 0 Å². The Morgan fingerprint density at radius 2 is 2.21 bits per heavy atom. The Kier molecular flexibility index (Phi) is 5.42. The predicted molar refractivity (Wildman–Crippen MR) is 86.7 cm³/mol. The van der Waals surface area contributed by atoms with Crippen molar-refractivity contribution in [3.8, 4) is 0 Å². The van der Waals surface area contributed by atoms with Crippen LogP contribution in [0.15, 0.2) is 40.2 Å². The van der Waals surface area contributed by atoms with Crippen LogP contribution in [0.5, 0.6) is 0 Å². The van der Waals surface area contributed by atoms with Gasteiger partial charge in [0, 0.05) is 33.5 Å². The van der Waals surface area contributed by atoms with Gasteiger partial charge in [-0.3, -0.25) is 4.90 Å². The second-order valence-electron chi connectivity index (χ2n) is 4.41. The smallest absolute Gasteiger partial charge is 0.0486 e. The molecule has 0 aliphatic carbocycles. The maximum Gasteiger partial charge on any atom is 0.0486 e. The molecule has 2 nitrogen and oxygen atoms in total. The molecule has 1 atom stereocenters. The van der Waals surface area contributed by atoms with Crippen LogP contribution < -0.4 is 5.73 Å². The first-order valence-electron chi connectivity index (χ1n) is 5.99. The Morgan fingerprint density at radius 1 is 1.42 bits per heavy atom. The van der Waals surface area contributed by atoms with Crippen molar-refractivity contribution < 1.29 is 0 Å². The normalized spacial score (nSPS) is 12.9. The molecule has 1 unspecified atom stereocenters. The highest BCUT2D eigenvalue weighted by molar-refractivity contribution is 9.10. The maximum atomic E-state index is 6.30. The van der Waals surface area contributed by atoms with Crippen LogP contribution in [-0.4, -0.2) is 18.5 Å². The molecule has 2 aromatic rings. The lowest BCUT2D eigenvalue weighted by Crippen LogP contribution is -2.30. The van der Waals surface area contributed by atoms with Gasteiger partial charge in [-0.05, 0) is 42.3 Å². The zero-order chi connectivity index (χ0) is 13.8. The number of hydrogen-bond acceptors (Lipinski definition) is 3. The van der Waals surface area contributed by atoms with Gasteiger partial charge in [0.2, 0.25) is 0 Å². The van der Waals surface area contributed by atoms with Crippen molar-refractivity contribution in [2.45, 2.75) is 12.6 Å². The van der Waals surface area contributed by atoms with E-state index in [-0.39, 0.29) is 6.04 Å². The Labute approximate surface area is 131 Å². The standard InChI is InChI=1S/C14H16BrClN2S/c1-18(9-11-3-2-6-19-11)14(8-17)12-7-10(15)4-5-13(12)16/h2-7,14H,8-9,17H2,1H3. The molecule has 0 radical (unpaired) electrons. The van der Waals surface area contributed by atoms with Crippen LogP contribution in [0.3, 0.4) is 0 Å². The average Bonchev–Trinajstić information content (AvgIpc) is 2.87. The van der Waals surface area contributed by atoms with Crippen molar-refractivity contribution >= 4 is 38.9 Å². The molecule has 0 fully saturated rings. The summed E-state index contributed by atoms with van der Waals surface area (Å²) in [6, 6.07) is 10.2. The summed E-state index contributed by atoms with van der Waals surface area (Å²) in [4.78, 5) is 3.56. The number of thiophene rings is 1. The van der Waals surface area contributed by atoms with E-state index in [0.29, 0.717) is 6.54 Å². The third kappa shape index (κ3) is 3.80. The summed E-state index contributed by atoms with van der Waals surface area (Å²) in [5, 5.41) is 2.85. The van der Waals surface area contributed by atoms with Crippen LogP contribution in [0.4, 0.5) is 0 Å². The highest BCUT2D eigenvalue weighted by Gasteiger charge is 2.19. The Balaban J connectivity index is 2.21. The molecule has 0 aliphatic heterocycles. The quantitative estimate of drug-likeness (QED) is 0.862. The van der Waals surface area contributed by atoms with Crippen LogP contribution >= 0.6 is 38.9 Å². The van der Waals surface area contributed by atoms with Gasteiger partial charge in [-0.1, -0.05) is 33.6 Å². The molecule has 0 saturated heterocycles. The molecule has 0 spiro atoms. The molecule has 0 aliphatic rings. The van der Waals surface area contributed by atoms with E-state index in [1.807, 2.05) is 18.2 Å². The molecule has 19 heavy (non-hydrogen) atoms. The largest absolute Gasteiger partial charge is 0.329 e. The monoisotopic (exact) mass is 358 g/mol. The van der Waals surface area contributed by atoms with Crippen LogP contribution in [-0.2, 0) is 6.54 Å². The summed E-state index contributed by atoms with van der Waals surface area (Å²) in [6.45, 7) is 1.42. The number of halogens is 2. The summed E-state index contributed by atoms with van der Waals surface area (Å²) in [6.07, 6.45) is 0.